The first kappa shape index (κ1) is 15.2. The van der Waals surface area contributed by atoms with Gasteiger partial charge in [-0.3, -0.25) is 9.59 Å². The van der Waals surface area contributed by atoms with Gasteiger partial charge in [-0.25, -0.2) is 5.43 Å². The van der Waals surface area contributed by atoms with E-state index in [1.165, 1.54) is 12.3 Å². The van der Waals surface area contributed by atoms with Gasteiger partial charge in [0.1, 0.15) is 5.75 Å². The van der Waals surface area contributed by atoms with E-state index in [2.05, 4.69) is 15.8 Å². The third kappa shape index (κ3) is 4.17. The molecule has 0 aliphatic rings. The Morgan fingerprint density at radius 1 is 1.05 bits per heavy atom. The molecule has 0 aromatic heterocycles. The third-order valence-corrected chi connectivity index (χ3v) is 2.82. The summed E-state index contributed by atoms with van der Waals surface area (Å²) in [7, 11) is 0. The highest BCUT2D eigenvalue weighted by Gasteiger charge is 2.12. The second-order valence-electron chi connectivity index (χ2n) is 4.58. The predicted molar refractivity (Wildman–Crippen MR) is 83.7 cm³/mol. The summed E-state index contributed by atoms with van der Waals surface area (Å²) in [5.41, 5.74) is 4.10. The molecule has 22 heavy (non-hydrogen) atoms. The van der Waals surface area contributed by atoms with Crippen LogP contribution in [0.25, 0.3) is 0 Å². The summed E-state index contributed by atoms with van der Waals surface area (Å²) < 4.78 is 0. The van der Waals surface area contributed by atoms with Crippen LogP contribution < -0.4 is 10.7 Å². The van der Waals surface area contributed by atoms with E-state index in [1.807, 2.05) is 19.1 Å². The average molecular weight is 297 g/mol. The molecule has 0 heterocycles. The number of rotatable bonds is 3. The number of amides is 2. The Balaban J connectivity index is 1.90. The summed E-state index contributed by atoms with van der Waals surface area (Å²) in [6.45, 7) is 1.92. The number of carbonyl (C=O) groups is 2. The van der Waals surface area contributed by atoms with Crippen LogP contribution in [0.15, 0.2) is 53.6 Å². The SMILES string of the molecule is Cc1ccc(NC(=O)C(=O)N/N=C\c2ccccc2O)cc1. The smallest absolute Gasteiger partial charge is 0.329 e. The Morgan fingerprint density at radius 2 is 1.73 bits per heavy atom. The van der Waals surface area contributed by atoms with Gasteiger partial charge in [0, 0.05) is 11.3 Å². The third-order valence-electron chi connectivity index (χ3n) is 2.82. The molecule has 0 fully saturated rings. The monoisotopic (exact) mass is 297 g/mol. The number of aryl methyl sites for hydroxylation is 1. The van der Waals surface area contributed by atoms with Crippen LogP contribution >= 0.6 is 0 Å². The maximum absolute atomic E-state index is 11.7. The Kier molecular flexibility index (Phi) is 4.87. The van der Waals surface area contributed by atoms with Crippen molar-refractivity contribution in [3.05, 3.63) is 59.7 Å². The van der Waals surface area contributed by atoms with E-state index in [4.69, 9.17) is 0 Å². The van der Waals surface area contributed by atoms with Gasteiger partial charge in [0.2, 0.25) is 0 Å². The van der Waals surface area contributed by atoms with E-state index in [0.29, 0.717) is 11.3 Å². The number of phenolic OH excluding ortho intramolecular Hbond substituents is 1. The molecule has 6 nitrogen and oxygen atoms in total. The second-order valence-corrected chi connectivity index (χ2v) is 4.58. The summed E-state index contributed by atoms with van der Waals surface area (Å²) in [5.74, 6) is -1.69. The largest absolute Gasteiger partial charge is 0.507 e. The van der Waals surface area contributed by atoms with Crippen molar-refractivity contribution >= 4 is 23.7 Å². The number of anilines is 1. The van der Waals surface area contributed by atoms with Gasteiger partial charge < -0.3 is 10.4 Å². The molecule has 0 bridgehead atoms. The van der Waals surface area contributed by atoms with Crippen molar-refractivity contribution in [2.24, 2.45) is 5.10 Å². The van der Waals surface area contributed by atoms with Crippen LogP contribution in [0.1, 0.15) is 11.1 Å². The van der Waals surface area contributed by atoms with E-state index in [0.717, 1.165) is 5.56 Å². The Bertz CT molecular complexity index is 709. The molecule has 0 atom stereocenters. The summed E-state index contributed by atoms with van der Waals surface area (Å²) >= 11 is 0. The number of benzene rings is 2. The van der Waals surface area contributed by atoms with Gasteiger partial charge in [0.05, 0.1) is 6.21 Å². The average Bonchev–Trinajstić information content (AvgIpc) is 2.51. The molecule has 0 spiro atoms. The minimum Gasteiger partial charge on any atom is -0.507 e. The minimum atomic E-state index is -0.896. The molecule has 3 N–H and O–H groups in total. The first-order valence-corrected chi connectivity index (χ1v) is 6.55. The van der Waals surface area contributed by atoms with Crippen molar-refractivity contribution in [2.45, 2.75) is 6.92 Å². The Labute approximate surface area is 127 Å². The maximum Gasteiger partial charge on any atom is 0.329 e. The number of hydrazone groups is 1. The number of nitrogens with one attached hydrogen (secondary N) is 2. The van der Waals surface area contributed by atoms with Crippen LogP contribution in [0, 0.1) is 6.92 Å². The summed E-state index contributed by atoms with van der Waals surface area (Å²) in [6.07, 6.45) is 1.26. The van der Waals surface area contributed by atoms with Crippen molar-refractivity contribution in [2.75, 3.05) is 5.32 Å². The molecule has 0 unspecified atom stereocenters. The van der Waals surface area contributed by atoms with Gasteiger partial charge in [-0.15, -0.1) is 0 Å². The van der Waals surface area contributed by atoms with Crippen molar-refractivity contribution in [3.8, 4) is 5.75 Å². The number of hydrogen-bond acceptors (Lipinski definition) is 4. The van der Waals surface area contributed by atoms with Crippen LogP contribution in [0.4, 0.5) is 5.69 Å². The minimum absolute atomic E-state index is 0.0320. The fourth-order valence-corrected chi connectivity index (χ4v) is 1.63. The number of para-hydroxylation sites is 1. The molecule has 0 aliphatic carbocycles. The second kappa shape index (κ2) is 7.03. The summed E-state index contributed by atoms with van der Waals surface area (Å²) in [5, 5.41) is 15.6. The van der Waals surface area contributed by atoms with Crippen LogP contribution in [-0.4, -0.2) is 23.1 Å². The fourth-order valence-electron chi connectivity index (χ4n) is 1.63. The van der Waals surface area contributed by atoms with Crippen molar-refractivity contribution in [3.63, 3.8) is 0 Å². The number of aromatic hydroxyl groups is 1. The lowest BCUT2D eigenvalue weighted by molar-refractivity contribution is -0.136. The molecule has 2 amide bonds. The molecule has 112 valence electrons. The van der Waals surface area contributed by atoms with Crippen molar-refractivity contribution < 1.29 is 14.7 Å². The normalized spacial score (nSPS) is 10.4. The molecular weight excluding hydrogens is 282 g/mol. The van der Waals surface area contributed by atoms with Gasteiger partial charge in [-0.1, -0.05) is 29.8 Å². The standard InChI is InChI=1S/C16H15N3O3/c1-11-6-8-13(9-7-11)18-15(21)16(22)19-17-10-12-4-2-3-5-14(12)20/h2-10,20H,1H3,(H,18,21)(H,19,22)/b17-10-. The molecule has 0 radical (unpaired) electrons. The molecule has 2 rings (SSSR count). The van der Waals surface area contributed by atoms with Crippen LogP contribution in [0.5, 0.6) is 5.75 Å². The zero-order valence-electron chi connectivity index (χ0n) is 11.9. The molecule has 0 aliphatic heterocycles. The molecule has 2 aromatic rings. The van der Waals surface area contributed by atoms with E-state index in [1.54, 1.807) is 30.3 Å². The zero-order chi connectivity index (χ0) is 15.9. The molecular formula is C16H15N3O3. The van der Waals surface area contributed by atoms with Gasteiger partial charge in [0.15, 0.2) is 0 Å². The zero-order valence-corrected chi connectivity index (χ0v) is 11.9. The highest BCUT2D eigenvalue weighted by molar-refractivity contribution is 6.39. The van der Waals surface area contributed by atoms with Crippen LogP contribution in [0.3, 0.4) is 0 Å². The van der Waals surface area contributed by atoms with Gasteiger partial charge in [-0.2, -0.15) is 5.10 Å². The lowest BCUT2D eigenvalue weighted by Crippen LogP contribution is -2.32. The number of phenols is 1. The topological polar surface area (TPSA) is 90.8 Å². The number of hydrogen-bond donors (Lipinski definition) is 3. The van der Waals surface area contributed by atoms with Crippen molar-refractivity contribution in [1.29, 1.82) is 0 Å². The maximum atomic E-state index is 11.7. The van der Waals surface area contributed by atoms with Crippen LogP contribution in [0.2, 0.25) is 0 Å². The quantitative estimate of drug-likeness (QED) is 0.458. The van der Waals surface area contributed by atoms with E-state index >= 15 is 0 Å². The summed E-state index contributed by atoms with van der Waals surface area (Å²) in [6, 6.07) is 13.5. The molecule has 0 saturated heterocycles. The van der Waals surface area contributed by atoms with E-state index < -0.39 is 11.8 Å². The highest BCUT2D eigenvalue weighted by Crippen LogP contribution is 2.12. The van der Waals surface area contributed by atoms with E-state index in [9.17, 15) is 14.7 Å². The summed E-state index contributed by atoms with van der Waals surface area (Å²) in [4.78, 5) is 23.3. The molecule has 0 saturated carbocycles. The fraction of sp³-hybridized carbons (Fsp3) is 0.0625. The van der Waals surface area contributed by atoms with Gasteiger partial charge in [0.25, 0.3) is 0 Å². The Hall–Kier alpha value is -3.15. The van der Waals surface area contributed by atoms with Gasteiger partial charge in [-0.05, 0) is 31.2 Å². The Morgan fingerprint density at radius 3 is 2.41 bits per heavy atom. The van der Waals surface area contributed by atoms with E-state index in [-0.39, 0.29) is 5.75 Å². The molecule has 6 heteroatoms. The number of nitrogens with zero attached hydrogens (tertiary/aromatic N) is 1. The van der Waals surface area contributed by atoms with Crippen molar-refractivity contribution in [1.82, 2.24) is 5.43 Å². The highest BCUT2D eigenvalue weighted by atomic mass is 16.3. The number of carbonyl (C=O) groups excluding carboxylic acids is 2. The van der Waals surface area contributed by atoms with Gasteiger partial charge >= 0.3 is 11.8 Å². The first-order chi connectivity index (χ1) is 10.6. The van der Waals surface area contributed by atoms with Crippen LogP contribution in [-0.2, 0) is 9.59 Å². The molecule has 2 aromatic carbocycles. The lowest BCUT2D eigenvalue weighted by atomic mass is 10.2. The first-order valence-electron chi connectivity index (χ1n) is 6.55. The lowest BCUT2D eigenvalue weighted by Gasteiger charge is -2.04. The predicted octanol–water partition coefficient (Wildman–Crippen LogP) is 1.79.